The first-order chi connectivity index (χ1) is 9.15. The van der Waals surface area contributed by atoms with Crippen LogP contribution in [0.3, 0.4) is 0 Å². The molecule has 0 radical (unpaired) electrons. The first-order valence-corrected chi connectivity index (χ1v) is 7.28. The molecule has 0 unspecified atom stereocenters. The number of thiophene rings is 1. The van der Waals surface area contributed by atoms with E-state index in [0.29, 0.717) is 20.9 Å². The summed E-state index contributed by atoms with van der Waals surface area (Å²) in [6, 6.07) is 0. The minimum Gasteiger partial charge on any atom is -0.396 e. The Morgan fingerprint density at radius 2 is 2.21 bits per heavy atom. The molecule has 5 nitrogen and oxygen atoms in total. The van der Waals surface area contributed by atoms with Crippen molar-refractivity contribution < 1.29 is 4.79 Å². The van der Waals surface area contributed by atoms with Gasteiger partial charge < -0.3 is 11.1 Å². The van der Waals surface area contributed by atoms with Gasteiger partial charge in [-0.05, 0) is 25.7 Å². The number of nitrogens with two attached hydrogens (primary N) is 1. The zero-order valence-electron chi connectivity index (χ0n) is 10.8. The molecule has 3 rings (SSSR count). The van der Waals surface area contributed by atoms with Crippen LogP contribution in [0.1, 0.15) is 42.3 Å². The minimum absolute atomic E-state index is 0.0272. The molecule has 19 heavy (non-hydrogen) atoms. The zero-order valence-corrected chi connectivity index (χ0v) is 11.6. The van der Waals surface area contributed by atoms with Crippen LogP contribution in [0.15, 0.2) is 12.4 Å². The largest absolute Gasteiger partial charge is 0.396 e. The van der Waals surface area contributed by atoms with Gasteiger partial charge in [0.05, 0.1) is 5.69 Å². The van der Waals surface area contributed by atoms with E-state index < -0.39 is 0 Å². The van der Waals surface area contributed by atoms with Gasteiger partial charge in [0.15, 0.2) is 0 Å². The van der Waals surface area contributed by atoms with E-state index in [9.17, 15) is 4.79 Å². The fourth-order valence-corrected chi connectivity index (χ4v) is 3.40. The molecule has 6 heteroatoms. The molecule has 0 atom stereocenters. The first-order valence-electron chi connectivity index (χ1n) is 6.47. The third kappa shape index (κ3) is 1.96. The van der Waals surface area contributed by atoms with Gasteiger partial charge in [-0.25, -0.2) is 9.97 Å². The number of carbonyl (C=O) groups is 1. The topological polar surface area (TPSA) is 80.9 Å². The van der Waals surface area contributed by atoms with Crippen LogP contribution in [0.25, 0.3) is 10.3 Å². The molecule has 1 saturated carbocycles. The third-order valence-electron chi connectivity index (χ3n) is 3.94. The molecule has 0 spiro atoms. The van der Waals surface area contributed by atoms with Gasteiger partial charge in [-0.15, -0.1) is 11.3 Å². The zero-order chi connectivity index (χ0) is 13.5. The Labute approximate surface area is 115 Å². The fourth-order valence-electron chi connectivity index (χ4n) is 2.48. The number of fused-ring (bicyclic) bond motifs is 1. The summed E-state index contributed by atoms with van der Waals surface area (Å²) in [5.74, 6) is -0.0937. The van der Waals surface area contributed by atoms with E-state index in [4.69, 9.17) is 5.73 Å². The molecule has 0 bridgehead atoms. The second-order valence-electron chi connectivity index (χ2n) is 5.00. The van der Waals surface area contributed by atoms with Crippen molar-refractivity contribution in [3.8, 4) is 0 Å². The van der Waals surface area contributed by atoms with E-state index in [1.54, 1.807) is 12.4 Å². The van der Waals surface area contributed by atoms with Crippen molar-refractivity contribution in [2.45, 2.75) is 38.1 Å². The van der Waals surface area contributed by atoms with Crippen molar-refractivity contribution in [3.05, 3.63) is 17.3 Å². The highest BCUT2D eigenvalue weighted by Gasteiger charge is 2.37. The highest BCUT2D eigenvalue weighted by atomic mass is 32.1. The minimum atomic E-state index is -0.0937. The lowest BCUT2D eigenvalue weighted by Crippen LogP contribution is -2.52. The number of anilines is 1. The lowest BCUT2D eigenvalue weighted by atomic mass is 9.75. The number of nitrogens with one attached hydrogen (secondary N) is 1. The molecule has 100 valence electrons. The van der Waals surface area contributed by atoms with E-state index in [-0.39, 0.29) is 11.4 Å². The van der Waals surface area contributed by atoms with Gasteiger partial charge in [0, 0.05) is 17.9 Å². The van der Waals surface area contributed by atoms with Crippen LogP contribution >= 0.6 is 11.3 Å². The van der Waals surface area contributed by atoms with Gasteiger partial charge in [0.2, 0.25) is 0 Å². The standard InChI is InChI=1S/C13H16N4OS/c1-2-13(4-3-5-13)17-11(18)10-8(14)9-12(19-10)16-7-6-15-9/h6-7H,2-5,14H2,1H3,(H,17,18). The van der Waals surface area contributed by atoms with Gasteiger partial charge in [-0.2, -0.15) is 0 Å². The van der Waals surface area contributed by atoms with Crippen molar-refractivity contribution >= 4 is 33.3 Å². The monoisotopic (exact) mass is 276 g/mol. The van der Waals surface area contributed by atoms with Crippen LogP contribution in [0.5, 0.6) is 0 Å². The Morgan fingerprint density at radius 3 is 2.79 bits per heavy atom. The van der Waals surface area contributed by atoms with Gasteiger partial charge >= 0.3 is 0 Å². The van der Waals surface area contributed by atoms with Crippen molar-refractivity contribution in [1.82, 2.24) is 15.3 Å². The second kappa shape index (κ2) is 4.45. The molecule has 1 amide bonds. The molecule has 0 aromatic carbocycles. The number of hydrogen-bond donors (Lipinski definition) is 2. The lowest BCUT2D eigenvalue weighted by molar-refractivity contribution is 0.0825. The summed E-state index contributed by atoms with van der Waals surface area (Å²) in [5.41, 5.74) is 7.04. The lowest BCUT2D eigenvalue weighted by Gasteiger charge is -2.41. The quantitative estimate of drug-likeness (QED) is 0.901. The number of nitrogens with zero attached hydrogens (tertiary/aromatic N) is 2. The number of rotatable bonds is 3. The molecule has 0 aliphatic heterocycles. The molecule has 0 saturated heterocycles. The number of nitrogen functional groups attached to an aromatic ring is 1. The Kier molecular flexibility index (Phi) is 2.89. The van der Waals surface area contributed by atoms with Crippen molar-refractivity contribution in [3.63, 3.8) is 0 Å². The summed E-state index contributed by atoms with van der Waals surface area (Å²) in [7, 11) is 0. The van der Waals surface area contributed by atoms with E-state index in [2.05, 4.69) is 22.2 Å². The molecule has 2 heterocycles. The molecule has 2 aromatic heterocycles. The first kappa shape index (κ1) is 12.3. The van der Waals surface area contributed by atoms with Crippen LogP contribution < -0.4 is 11.1 Å². The van der Waals surface area contributed by atoms with Gasteiger partial charge in [-0.1, -0.05) is 6.92 Å². The van der Waals surface area contributed by atoms with Crippen molar-refractivity contribution in [2.24, 2.45) is 0 Å². The number of carbonyl (C=O) groups excluding carboxylic acids is 1. The predicted molar refractivity (Wildman–Crippen MR) is 76.2 cm³/mol. The maximum atomic E-state index is 12.4. The number of hydrogen-bond acceptors (Lipinski definition) is 5. The van der Waals surface area contributed by atoms with E-state index >= 15 is 0 Å². The molecule has 1 fully saturated rings. The molecule has 2 aromatic rings. The summed E-state index contributed by atoms with van der Waals surface area (Å²) >= 11 is 1.31. The van der Waals surface area contributed by atoms with E-state index in [1.165, 1.54) is 17.8 Å². The molecule has 1 aliphatic carbocycles. The van der Waals surface area contributed by atoms with Gasteiger partial charge in [0.25, 0.3) is 5.91 Å². The van der Waals surface area contributed by atoms with E-state index in [1.807, 2.05) is 0 Å². The summed E-state index contributed by atoms with van der Waals surface area (Å²) in [5, 5.41) is 3.13. The number of aromatic nitrogens is 2. The third-order valence-corrected chi connectivity index (χ3v) is 5.04. The van der Waals surface area contributed by atoms with Crippen LogP contribution in [0.4, 0.5) is 5.69 Å². The predicted octanol–water partition coefficient (Wildman–Crippen LogP) is 2.34. The summed E-state index contributed by atoms with van der Waals surface area (Å²) in [6.45, 7) is 2.11. The number of amides is 1. The Morgan fingerprint density at radius 1 is 1.47 bits per heavy atom. The highest BCUT2D eigenvalue weighted by molar-refractivity contribution is 7.21. The Hall–Kier alpha value is -1.69. The highest BCUT2D eigenvalue weighted by Crippen LogP contribution is 2.36. The molecule has 1 aliphatic rings. The maximum absolute atomic E-state index is 12.4. The van der Waals surface area contributed by atoms with E-state index in [0.717, 1.165) is 19.3 Å². The normalized spacial score (nSPS) is 17.1. The smallest absolute Gasteiger partial charge is 0.264 e. The van der Waals surface area contributed by atoms with Crippen molar-refractivity contribution in [2.75, 3.05) is 5.73 Å². The summed E-state index contributed by atoms with van der Waals surface area (Å²) in [6.07, 6.45) is 7.44. The average Bonchev–Trinajstić information content (AvgIpc) is 2.72. The SMILES string of the molecule is CCC1(NC(=O)c2sc3nccnc3c2N)CCC1. The Bertz CT molecular complexity index is 627. The van der Waals surface area contributed by atoms with Crippen LogP contribution in [-0.2, 0) is 0 Å². The maximum Gasteiger partial charge on any atom is 0.264 e. The van der Waals surface area contributed by atoms with Gasteiger partial charge in [0.1, 0.15) is 15.2 Å². The molecular formula is C13H16N4OS. The van der Waals surface area contributed by atoms with Gasteiger partial charge in [-0.3, -0.25) is 4.79 Å². The summed E-state index contributed by atoms with van der Waals surface area (Å²) < 4.78 is 0. The molecular weight excluding hydrogens is 260 g/mol. The average molecular weight is 276 g/mol. The van der Waals surface area contributed by atoms with Crippen LogP contribution in [-0.4, -0.2) is 21.4 Å². The van der Waals surface area contributed by atoms with Crippen LogP contribution in [0, 0.1) is 0 Å². The second-order valence-corrected chi connectivity index (χ2v) is 6.00. The Balaban J connectivity index is 1.91. The van der Waals surface area contributed by atoms with Crippen molar-refractivity contribution in [1.29, 1.82) is 0 Å². The fraction of sp³-hybridized carbons (Fsp3) is 0.462. The summed E-state index contributed by atoms with van der Waals surface area (Å²) in [4.78, 5) is 22.0. The van der Waals surface area contributed by atoms with Crippen LogP contribution in [0.2, 0.25) is 0 Å². The molecule has 3 N–H and O–H groups in total.